The molecule has 0 aliphatic heterocycles. The summed E-state index contributed by atoms with van der Waals surface area (Å²) < 4.78 is 5.37. The van der Waals surface area contributed by atoms with Crippen LogP contribution >= 0.6 is 22.5 Å². The van der Waals surface area contributed by atoms with Crippen molar-refractivity contribution in [3.8, 4) is 0 Å². The number of nitrogens with zero attached hydrogens (tertiary/aromatic N) is 1. The molecule has 0 bridgehead atoms. The molecular formula is C9H9NOS2. The molecule has 0 amide bonds. The Bertz CT molecular complexity index is 399. The summed E-state index contributed by atoms with van der Waals surface area (Å²) in [6, 6.07) is 1.88. The van der Waals surface area contributed by atoms with Gasteiger partial charge in [-0.3, -0.25) is 4.98 Å². The predicted molar refractivity (Wildman–Crippen MR) is 59.2 cm³/mol. The Hall–Kier alpha value is -0.610. The van der Waals surface area contributed by atoms with Crippen LogP contribution in [0.2, 0.25) is 0 Å². The third kappa shape index (κ3) is 1.84. The van der Waals surface area contributed by atoms with Gasteiger partial charge in [0, 0.05) is 29.1 Å². The molecule has 13 heavy (non-hydrogen) atoms. The lowest BCUT2D eigenvalue weighted by atomic mass is 10.2. The van der Waals surface area contributed by atoms with Gasteiger partial charge in [0.15, 0.2) is 0 Å². The van der Waals surface area contributed by atoms with Gasteiger partial charge in [-0.1, -0.05) is 10.8 Å². The Balaban J connectivity index is 2.35. The molecule has 2 aromatic heterocycles. The average molecular weight is 211 g/mol. The van der Waals surface area contributed by atoms with E-state index >= 15 is 0 Å². The van der Waals surface area contributed by atoms with Gasteiger partial charge < -0.3 is 4.42 Å². The van der Waals surface area contributed by atoms with Gasteiger partial charge in [0.1, 0.15) is 5.58 Å². The van der Waals surface area contributed by atoms with Gasteiger partial charge in [0.05, 0.1) is 6.26 Å². The molecule has 0 unspecified atom stereocenters. The maximum absolute atomic E-state index is 5.37. The quantitative estimate of drug-likeness (QED) is 0.624. The Morgan fingerprint density at radius 1 is 1.54 bits per heavy atom. The first kappa shape index (κ1) is 8.97. The molecule has 0 radical (unpaired) electrons. The molecule has 0 spiro atoms. The van der Waals surface area contributed by atoms with Crippen LogP contribution in [0.25, 0.3) is 11.0 Å². The molecule has 0 aliphatic rings. The van der Waals surface area contributed by atoms with Crippen molar-refractivity contribution in [1.82, 2.24) is 4.98 Å². The Labute approximate surface area is 85.5 Å². The molecule has 0 saturated carbocycles. The molecule has 0 atom stereocenters. The Morgan fingerprint density at radius 3 is 3.31 bits per heavy atom. The smallest absolute Gasteiger partial charge is 0.137 e. The van der Waals surface area contributed by atoms with Crippen molar-refractivity contribution >= 4 is 33.4 Å². The summed E-state index contributed by atoms with van der Waals surface area (Å²) in [6.07, 6.45) is 6.36. The second-order valence-corrected chi connectivity index (χ2v) is 4.16. The normalized spacial score (nSPS) is 10.8. The number of thiol groups is 1. The number of hydrogen-bond acceptors (Lipinski definition) is 4. The molecule has 0 saturated heterocycles. The zero-order chi connectivity index (χ0) is 9.10. The summed E-state index contributed by atoms with van der Waals surface area (Å²) in [6.45, 7) is 0. The molecule has 4 heteroatoms. The Kier molecular flexibility index (Phi) is 2.80. The van der Waals surface area contributed by atoms with E-state index in [0.29, 0.717) is 0 Å². The van der Waals surface area contributed by atoms with Gasteiger partial charge in [-0.15, -0.1) is 11.7 Å². The lowest BCUT2D eigenvalue weighted by Crippen LogP contribution is -1.84. The molecule has 68 valence electrons. The molecule has 0 fully saturated rings. The molecule has 2 nitrogen and oxygen atoms in total. The van der Waals surface area contributed by atoms with E-state index in [0.717, 1.165) is 23.1 Å². The van der Waals surface area contributed by atoms with E-state index in [1.807, 2.05) is 12.3 Å². The zero-order valence-corrected chi connectivity index (χ0v) is 8.65. The Morgan fingerprint density at radius 2 is 2.46 bits per heavy atom. The fourth-order valence-electron chi connectivity index (χ4n) is 1.27. The third-order valence-corrected chi connectivity index (χ3v) is 2.85. The monoisotopic (exact) mass is 211 g/mol. The number of aryl methyl sites for hydroxylation is 1. The topological polar surface area (TPSA) is 26.0 Å². The van der Waals surface area contributed by atoms with Crippen molar-refractivity contribution in [1.29, 1.82) is 0 Å². The van der Waals surface area contributed by atoms with E-state index in [1.54, 1.807) is 23.3 Å². The van der Waals surface area contributed by atoms with Crippen LogP contribution in [-0.2, 0) is 6.42 Å². The largest absolute Gasteiger partial charge is 0.464 e. The SMILES string of the molecule is SSCCc1coc2ccncc12. The maximum Gasteiger partial charge on any atom is 0.137 e. The van der Waals surface area contributed by atoms with Crippen LogP contribution in [0, 0.1) is 0 Å². The molecule has 2 rings (SSSR count). The number of furan rings is 1. The van der Waals surface area contributed by atoms with Crippen molar-refractivity contribution in [2.24, 2.45) is 0 Å². The zero-order valence-electron chi connectivity index (χ0n) is 6.93. The second-order valence-electron chi connectivity index (χ2n) is 2.72. The highest BCUT2D eigenvalue weighted by Crippen LogP contribution is 2.21. The molecule has 0 aromatic carbocycles. The minimum Gasteiger partial charge on any atom is -0.464 e. The molecule has 0 N–H and O–H groups in total. The van der Waals surface area contributed by atoms with Gasteiger partial charge in [-0.2, -0.15) is 0 Å². The van der Waals surface area contributed by atoms with Crippen molar-refractivity contribution in [3.05, 3.63) is 30.3 Å². The van der Waals surface area contributed by atoms with E-state index in [4.69, 9.17) is 4.42 Å². The molecule has 2 aromatic rings. The first-order valence-electron chi connectivity index (χ1n) is 3.98. The van der Waals surface area contributed by atoms with E-state index < -0.39 is 0 Å². The van der Waals surface area contributed by atoms with Gasteiger partial charge >= 0.3 is 0 Å². The van der Waals surface area contributed by atoms with Crippen LogP contribution in [-0.4, -0.2) is 10.7 Å². The van der Waals surface area contributed by atoms with Gasteiger partial charge in [-0.05, 0) is 12.5 Å². The maximum atomic E-state index is 5.37. The van der Waals surface area contributed by atoms with E-state index in [-0.39, 0.29) is 0 Å². The standard InChI is InChI=1S/C9H9NOS2/c12-13-4-2-7-6-11-9-1-3-10-5-8(7)9/h1,3,5-6,12H,2,4H2. The summed E-state index contributed by atoms with van der Waals surface area (Å²) in [4.78, 5) is 4.07. The number of hydrogen-bond donors (Lipinski definition) is 1. The number of aromatic nitrogens is 1. The van der Waals surface area contributed by atoms with Crippen LogP contribution < -0.4 is 0 Å². The fourth-order valence-corrected chi connectivity index (χ4v) is 1.86. The predicted octanol–water partition coefficient (Wildman–Crippen LogP) is 2.95. The first-order chi connectivity index (χ1) is 6.42. The van der Waals surface area contributed by atoms with Gasteiger partial charge in [-0.25, -0.2) is 0 Å². The highest BCUT2D eigenvalue weighted by atomic mass is 33.1. The lowest BCUT2D eigenvalue weighted by Gasteiger charge is -1.93. The highest BCUT2D eigenvalue weighted by Gasteiger charge is 2.04. The molecular weight excluding hydrogens is 202 g/mol. The number of fused-ring (bicyclic) bond motifs is 1. The second kappa shape index (κ2) is 4.07. The van der Waals surface area contributed by atoms with Gasteiger partial charge in [0.2, 0.25) is 0 Å². The van der Waals surface area contributed by atoms with Crippen LogP contribution in [0.4, 0.5) is 0 Å². The van der Waals surface area contributed by atoms with Crippen molar-refractivity contribution in [2.75, 3.05) is 5.75 Å². The van der Waals surface area contributed by atoms with Crippen LogP contribution in [0.3, 0.4) is 0 Å². The summed E-state index contributed by atoms with van der Waals surface area (Å²) in [5.74, 6) is 0.993. The van der Waals surface area contributed by atoms with Crippen molar-refractivity contribution < 1.29 is 4.42 Å². The van der Waals surface area contributed by atoms with E-state index in [9.17, 15) is 0 Å². The minimum absolute atomic E-state index is 0.911. The average Bonchev–Trinajstić information content (AvgIpc) is 2.58. The number of pyridine rings is 1. The fraction of sp³-hybridized carbons (Fsp3) is 0.222. The van der Waals surface area contributed by atoms with Crippen LogP contribution in [0.15, 0.2) is 29.1 Å². The van der Waals surface area contributed by atoms with Gasteiger partial charge in [0.25, 0.3) is 0 Å². The lowest BCUT2D eigenvalue weighted by molar-refractivity contribution is 0.611. The van der Waals surface area contributed by atoms with E-state index in [2.05, 4.69) is 16.6 Å². The summed E-state index contributed by atoms with van der Waals surface area (Å²) in [7, 11) is 1.54. The summed E-state index contributed by atoms with van der Waals surface area (Å²) in [5.41, 5.74) is 2.12. The number of rotatable bonds is 3. The van der Waals surface area contributed by atoms with Crippen LogP contribution in [0.1, 0.15) is 5.56 Å². The van der Waals surface area contributed by atoms with Crippen molar-refractivity contribution in [2.45, 2.75) is 6.42 Å². The van der Waals surface area contributed by atoms with Crippen LogP contribution in [0.5, 0.6) is 0 Å². The molecule has 2 heterocycles. The summed E-state index contributed by atoms with van der Waals surface area (Å²) in [5, 5.41) is 1.12. The van der Waals surface area contributed by atoms with E-state index in [1.165, 1.54) is 5.56 Å². The summed E-state index contributed by atoms with van der Waals surface area (Å²) >= 11 is 4.10. The highest BCUT2D eigenvalue weighted by molar-refractivity contribution is 8.68. The third-order valence-electron chi connectivity index (χ3n) is 1.92. The first-order valence-corrected chi connectivity index (χ1v) is 6.02. The minimum atomic E-state index is 0.911. The van der Waals surface area contributed by atoms with Crippen molar-refractivity contribution in [3.63, 3.8) is 0 Å². The molecule has 0 aliphatic carbocycles.